The van der Waals surface area contributed by atoms with E-state index in [1.807, 2.05) is 12.1 Å². The molecule has 2 aromatic rings. The molecule has 2 aromatic carbocycles. The average Bonchev–Trinajstić information content (AvgIpc) is 2.15. The first-order valence-corrected chi connectivity index (χ1v) is 4.69. The van der Waals surface area contributed by atoms with Gasteiger partial charge in [0, 0.05) is 11.5 Å². The minimum absolute atomic E-state index is 0.332. The molecule has 2 rings (SSSR count). The molecular formula is C10H3Cl3. The second-order valence-corrected chi connectivity index (χ2v) is 3.66. The van der Waals surface area contributed by atoms with Gasteiger partial charge in [0.05, 0.1) is 15.1 Å². The molecule has 0 atom stereocenters. The maximum atomic E-state index is 5.96. The molecule has 0 fully saturated rings. The van der Waals surface area contributed by atoms with Gasteiger partial charge in [-0.15, -0.1) is 0 Å². The fraction of sp³-hybridized carbons (Fsp3) is 0. The summed E-state index contributed by atoms with van der Waals surface area (Å²) in [6.45, 7) is 0. The van der Waals surface area contributed by atoms with Crippen LogP contribution < -0.4 is 0 Å². The lowest BCUT2D eigenvalue weighted by atomic mass is 10.1. The summed E-state index contributed by atoms with van der Waals surface area (Å²) in [6.07, 6.45) is 0. The highest BCUT2D eigenvalue weighted by Crippen LogP contribution is 2.35. The van der Waals surface area contributed by atoms with Crippen LogP contribution >= 0.6 is 34.8 Å². The Labute approximate surface area is 91.0 Å². The number of halogens is 3. The Bertz CT molecular complexity index is 463. The third kappa shape index (κ3) is 1.50. The first-order chi connectivity index (χ1) is 6.20. The minimum atomic E-state index is 0.332. The van der Waals surface area contributed by atoms with Crippen molar-refractivity contribution < 1.29 is 0 Å². The molecule has 0 unspecified atom stereocenters. The van der Waals surface area contributed by atoms with Gasteiger partial charge < -0.3 is 0 Å². The maximum Gasteiger partial charge on any atom is 0.0791 e. The Morgan fingerprint density at radius 2 is 1.85 bits per heavy atom. The van der Waals surface area contributed by atoms with Crippen molar-refractivity contribution in [1.82, 2.24) is 0 Å². The van der Waals surface area contributed by atoms with Crippen LogP contribution in [0.4, 0.5) is 0 Å². The predicted octanol–water partition coefficient (Wildman–Crippen LogP) is 4.40. The summed E-state index contributed by atoms with van der Waals surface area (Å²) in [5.74, 6) is 0. The average molecular weight is 229 g/mol. The van der Waals surface area contributed by atoms with E-state index in [0.29, 0.717) is 15.1 Å². The van der Waals surface area contributed by atoms with Crippen LogP contribution in [0.1, 0.15) is 0 Å². The molecule has 0 bridgehead atoms. The zero-order chi connectivity index (χ0) is 9.42. The summed E-state index contributed by atoms with van der Waals surface area (Å²) in [7, 11) is 0. The van der Waals surface area contributed by atoms with Crippen LogP contribution in [-0.2, 0) is 0 Å². The van der Waals surface area contributed by atoms with Crippen LogP contribution in [0, 0.1) is 12.1 Å². The van der Waals surface area contributed by atoms with Gasteiger partial charge in [-0.2, -0.15) is 0 Å². The van der Waals surface area contributed by atoms with Crippen molar-refractivity contribution in [2.24, 2.45) is 0 Å². The molecule has 0 spiro atoms. The summed E-state index contributed by atoms with van der Waals surface area (Å²) in [4.78, 5) is 0. The number of benzene rings is 2. The number of hydrogen-bond acceptors (Lipinski definition) is 0. The molecule has 0 heterocycles. The zero-order valence-corrected chi connectivity index (χ0v) is 8.63. The molecule has 3 heteroatoms. The van der Waals surface area contributed by atoms with Gasteiger partial charge in [-0.05, 0) is 11.5 Å². The highest BCUT2D eigenvalue weighted by Gasteiger charge is 2.08. The van der Waals surface area contributed by atoms with Gasteiger partial charge in [0.1, 0.15) is 0 Å². The molecule has 64 valence electrons. The maximum absolute atomic E-state index is 5.96. The SMILES string of the molecule is Clc1[c]c2ccc[c]c2c(Cl)c1Cl. The van der Waals surface area contributed by atoms with E-state index in [9.17, 15) is 0 Å². The van der Waals surface area contributed by atoms with Gasteiger partial charge in [0.2, 0.25) is 0 Å². The van der Waals surface area contributed by atoms with Crippen molar-refractivity contribution in [1.29, 1.82) is 0 Å². The van der Waals surface area contributed by atoms with Gasteiger partial charge in [-0.1, -0.05) is 53.0 Å². The number of hydrogen-bond donors (Lipinski definition) is 0. The molecule has 0 saturated heterocycles. The van der Waals surface area contributed by atoms with Gasteiger partial charge in [0.25, 0.3) is 0 Å². The Kier molecular flexibility index (Phi) is 2.37. The van der Waals surface area contributed by atoms with Gasteiger partial charge in [-0.25, -0.2) is 0 Å². The Morgan fingerprint density at radius 3 is 2.62 bits per heavy atom. The lowest BCUT2D eigenvalue weighted by Gasteiger charge is -2.02. The smallest absolute Gasteiger partial charge is 0.0791 e. The second kappa shape index (κ2) is 3.38. The van der Waals surface area contributed by atoms with Crippen molar-refractivity contribution in [3.63, 3.8) is 0 Å². The number of fused-ring (bicyclic) bond motifs is 1. The van der Waals surface area contributed by atoms with E-state index in [1.54, 1.807) is 6.07 Å². The minimum Gasteiger partial charge on any atom is -0.0819 e. The molecule has 0 aliphatic rings. The third-order valence-corrected chi connectivity index (χ3v) is 2.94. The van der Waals surface area contributed by atoms with Gasteiger partial charge in [-0.3, -0.25) is 0 Å². The summed E-state index contributed by atoms with van der Waals surface area (Å²) < 4.78 is 0. The quantitative estimate of drug-likeness (QED) is 0.587. The van der Waals surface area contributed by atoms with E-state index in [2.05, 4.69) is 12.1 Å². The van der Waals surface area contributed by atoms with Crippen LogP contribution in [0.5, 0.6) is 0 Å². The second-order valence-electron chi connectivity index (χ2n) is 2.53. The molecule has 0 saturated carbocycles. The van der Waals surface area contributed by atoms with E-state index in [1.165, 1.54) is 0 Å². The third-order valence-electron chi connectivity index (χ3n) is 1.71. The standard InChI is InChI=1S/C10H3Cl3/c11-8-5-6-3-1-2-4-7(6)9(12)10(8)13/h1-3H. The van der Waals surface area contributed by atoms with E-state index in [-0.39, 0.29) is 0 Å². The van der Waals surface area contributed by atoms with E-state index >= 15 is 0 Å². The topological polar surface area (TPSA) is 0 Å². The molecule has 0 aliphatic carbocycles. The highest BCUT2D eigenvalue weighted by atomic mass is 35.5. The van der Waals surface area contributed by atoms with Crippen LogP contribution in [0.15, 0.2) is 18.2 Å². The van der Waals surface area contributed by atoms with Crippen molar-refractivity contribution in [3.05, 3.63) is 45.4 Å². The molecule has 0 aromatic heterocycles. The van der Waals surface area contributed by atoms with Crippen molar-refractivity contribution in [3.8, 4) is 0 Å². The highest BCUT2D eigenvalue weighted by molar-refractivity contribution is 6.50. The largest absolute Gasteiger partial charge is 0.0819 e. The van der Waals surface area contributed by atoms with Gasteiger partial charge in [0.15, 0.2) is 0 Å². The number of rotatable bonds is 0. The van der Waals surface area contributed by atoms with Crippen LogP contribution in [0.2, 0.25) is 15.1 Å². The Morgan fingerprint density at radius 1 is 1.08 bits per heavy atom. The molecule has 2 radical (unpaired) electrons. The van der Waals surface area contributed by atoms with Crippen molar-refractivity contribution >= 4 is 45.6 Å². The lowest BCUT2D eigenvalue weighted by Crippen LogP contribution is -1.78. The predicted molar refractivity (Wildman–Crippen MR) is 56.7 cm³/mol. The first kappa shape index (κ1) is 9.14. The Hall–Kier alpha value is -0.430. The summed E-state index contributed by atoms with van der Waals surface area (Å²) in [5.41, 5.74) is 0. The summed E-state index contributed by atoms with van der Waals surface area (Å²) in [6, 6.07) is 11.4. The lowest BCUT2D eigenvalue weighted by molar-refractivity contribution is 1.72. The fourth-order valence-electron chi connectivity index (χ4n) is 1.10. The van der Waals surface area contributed by atoms with Gasteiger partial charge >= 0.3 is 0 Å². The van der Waals surface area contributed by atoms with E-state index in [4.69, 9.17) is 34.8 Å². The molecular weight excluding hydrogens is 226 g/mol. The summed E-state index contributed by atoms with van der Waals surface area (Å²) in [5, 5.41) is 2.68. The van der Waals surface area contributed by atoms with Crippen LogP contribution in [0.25, 0.3) is 10.8 Å². The molecule has 0 amide bonds. The Balaban J connectivity index is 2.94. The van der Waals surface area contributed by atoms with E-state index < -0.39 is 0 Å². The molecule has 0 aliphatic heterocycles. The monoisotopic (exact) mass is 228 g/mol. The van der Waals surface area contributed by atoms with Crippen molar-refractivity contribution in [2.45, 2.75) is 0 Å². The zero-order valence-electron chi connectivity index (χ0n) is 6.37. The van der Waals surface area contributed by atoms with Crippen LogP contribution in [0.3, 0.4) is 0 Å². The normalized spacial score (nSPS) is 10.7. The molecule has 13 heavy (non-hydrogen) atoms. The fourth-order valence-corrected chi connectivity index (χ4v) is 1.74. The molecule has 0 N–H and O–H groups in total. The first-order valence-electron chi connectivity index (χ1n) is 3.56. The summed E-state index contributed by atoms with van der Waals surface area (Å²) >= 11 is 17.6. The van der Waals surface area contributed by atoms with E-state index in [0.717, 1.165) is 10.8 Å². The molecule has 0 nitrogen and oxygen atoms in total. The van der Waals surface area contributed by atoms with Crippen molar-refractivity contribution in [2.75, 3.05) is 0 Å². The van der Waals surface area contributed by atoms with Crippen LogP contribution in [-0.4, -0.2) is 0 Å².